The average molecular weight is 421 g/mol. The molecule has 0 aromatic heterocycles. The van der Waals surface area contributed by atoms with Crippen molar-refractivity contribution in [1.29, 1.82) is 0 Å². The van der Waals surface area contributed by atoms with Gasteiger partial charge in [-0.2, -0.15) is 0 Å². The van der Waals surface area contributed by atoms with Crippen LogP contribution in [0.25, 0.3) is 0 Å². The highest BCUT2D eigenvalue weighted by molar-refractivity contribution is 7.92. The number of anilines is 1. The second-order valence-corrected chi connectivity index (χ2v) is 8.47. The van der Waals surface area contributed by atoms with Crippen LogP contribution in [-0.2, 0) is 21.2 Å². The Bertz CT molecular complexity index is 901. The zero-order chi connectivity index (χ0) is 21.3. The minimum absolute atomic E-state index is 0.105. The van der Waals surface area contributed by atoms with Crippen molar-refractivity contribution in [2.45, 2.75) is 19.3 Å². The fourth-order valence-corrected chi connectivity index (χ4v) is 3.90. The number of sulfonamides is 1. The van der Waals surface area contributed by atoms with Gasteiger partial charge in [0.25, 0.3) is 0 Å². The number of methoxy groups -OCH3 is 2. The van der Waals surface area contributed by atoms with Gasteiger partial charge in [0.1, 0.15) is 0 Å². The Morgan fingerprint density at radius 2 is 1.72 bits per heavy atom. The molecule has 0 bridgehead atoms. The normalized spacial score (nSPS) is 11.0. The first kappa shape index (κ1) is 22.5. The van der Waals surface area contributed by atoms with Crippen molar-refractivity contribution < 1.29 is 22.7 Å². The lowest BCUT2D eigenvalue weighted by molar-refractivity contribution is -0.121. The van der Waals surface area contributed by atoms with E-state index in [1.54, 1.807) is 38.5 Å². The first-order chi connectivity index (χ1) is 13.8. The summed E-state index contributed by atoms with van der Waals surface area (Å²) >= 11 is 0. The number of carbonyl (C=O) groups is 1. The Labute approximate surface area is 172 Å². The number of rotatable bonds is 11. The fraction of sp³-hybridized carbons (Fsp3) is 0.381. The molecule has 0 saturated heterocycles. The summed E-state index contributed by atoms with van der Waals surface area (Å²) in [6, 6.07) is 14.5. The van der Waals surface area contributed by atoms with E-state index in [1.807, 2.05) is 24.3 Å². The zero-order valence-electron chi connectivity index (χ0n) is 17.1. The van der Waals surface area contributed by atoms with E-state index in [4.69, 9.17) is 9.47 Å². The zero-order valence-corrected chi connectivity index (χ0v) is 17.9. The van der Waals surface area contributed by atoms with Gasteiger partial charge in [0, 0.05) is 19.5 Å². The molecule has 0 radical (unpaired) electrons. The molecule has 2 aromatic carbocycles. The van der Waals surface area contributed by atoms with Crippen molar-refractivity contribution in [2.75, 3.05) is 37.9 Å². The van der Waals surface area contributed by atoms with Gasteiger partial charge >= 0.3 is 0 Å². The molecule has 2 rings (SSSR count). The minimum Gasteiger partial charge on any atom is -0.493 e. The van der Waals surface area contributed by atoms with Crippen LogP contribution >= 0.6 is 0 Å². The lowest BCUT2D eigenvalue weighted by Crippen LogP contribution is -2.32. The Hall–Kier alpha value is -2.74. The third-order valence-electron chi connectivity index (χ3n) is 4.39. The van der Waals surface area contributed by atoms with Gasteiger partial charge < -0.3 is 14.8 Å². The third kappa shape index (κ3) is 6.98. The Kier molecular flexibility index (Phi) is 8.33. The van der Waals surface area contributed by atoms with Crippen LogP contribution in [0.5, 0.6) is 11.5 Å². The number of nitrogens with one attached hydrogen (secondary N) is 1. The summed E-state index contributed by atoms with van der Waals surface area (Å²) in [6.45, 7) is 0.745. The number of hydrogen-bond donors (Lipinski definition) is 1. The van der Waals surface area contributed by atoms with Crippen LogP contribution in [0.15, 0.2) is 48.5 Å². The fourth-order valence-electron chi connectivity index (χ4n) is 2.93. The van der Waals surface area contributed by atoms with Crippen LogP contribution in [0.3, 0.4) is 0 Å². The van der Waals surface area contributed by atoms with E-state index in [9.17, 15) is 13.2 Å². The summed E-state index contributed by atoms with van der Waals surface area (Å²) in [6.07, 6.45) is 2.52. The summed E-state index contributed by atoms with van der Waals surface area (Å²) in [4.78, 5) is 12.1. The lowest BCUT2D eigenvalue weighted by Gasteiger charge is -2.22. The predicted octanol–water partition coefficient (Wildman–Crippen LogP) is 2.61. The molecule has 0 saturated carbocycles. The smallest absolute Gasteiger partial charge is 0.232 e. The minimum atomic E-state index is -3.40. The molecule has 0 heterocycles. The van der Waals surface area contributed by atoms with E-state index < -0.39 is 10.0 Å². The number of benzene rings is 2. The number of carbonyl (C=O) groups excluding carboxylic acids is 1. The summed E-state index contributed by atoms with van der Waals surface area (Å²) in [5, 5.41) is 2.87. The number of hydrogen-bond acceptors (Lipinski definition) is 5. The van der Waals surface area contributed by atoms with Gasteiger partial charge in [-0.05, 0) is 42.7 Å². The van der Waals surface area contributed by atoms with Crippen molar-refractivity contribution in [1.82, 2.24) is 5.32 Å². The van der Waals surface area contributed by atoms with Crippen molar-refractivity contribution in [3.8, 4) is 11.5 Å². The van der Waals surface area contributed by atoms with Crippen molar-refractivity contribution >= 4 is 21.6 Å². The SMILES string of the molecule is COc1ccc(CCNC(=O)CCCN(c2ccccc2)S(C)(=O)=O)cc1OC. The van der Waals surface area contributed by atoms with Crippen molar-refractivity contribution in [3.05, 3.63) is 54.1 Å². The van der Waals surface area contributed by atoms with Crippen LogP contribution in [0.1, 0.15) is 18.4 Å². The summed E-state index contributed by atoms with van der Waals surface area (Å²) in [5.41, 5.74) is 1.62. The third-order valence-corrected chi connectivity index (χ3v) is 5.59. The van der Waals surface area contributed by atoms with Gasteiger partial charge in [0.15, 0.2) is 11.5 Å². The van der Waals surface area contributed by atoms with E-state index in [2.05, 4.69) is 5.32 Å². The first-order valence-electron chi connectivity index (χ1n) is 9.35. The monoisotopic (exact) mass is 420 g/mol. The number of para-hydroxylation sites is 1. The molecule has 7 nitrogen and oxygen atoms in total. The van der Waals surface area contributed by atoms with Crippen molar-refractivity contribution in [2.24, 2.45) is 0 Å². The largest absolute Gasteiger partial charge is 0.493 e. The average Bonchev–Trinajstić information content (AvgIpc) is 2.70. The second kappa shape index (κ2) is 10.7. The topological polar surface area (TPSA) is 84.9 Å². The quantitative estimate of drug-likeness (QED) is 0.604. The van der Waals surface area contributed by atoms with Gasteiger partial charge in [-0.3, -0.25) is 9.10 Å². The number of amides is 1. The van der Waals surface area contributed by atoms with E-state index in [-0.39, 0.29) is 18.9 Å². The molecule has 0 spiro atoms. The molecule has 1 amide bonds. The molecular formula is C21H28N2O5S. The maximum absolute atomic E-state index is 12.1. The highest BCUT2D eigenvalue weighted by atomic mass is 32.2. The maximum Gasteiger partial charge on any atom is 0.232 e. The molecule has 0 aliphatic carbocycles. The highest BCUT2D eigenvalue weighted by Gasteiger charge is 2.17. The molecule has 0 unspecified atom stereocenters. The van der Waals surface area contributed by atoms with E-state index in [1.165, 1.54) is 10.6 Å². The predicted molar refractivity (Wildman–Crippen MR) is 114 cm³/mol. The van der Waals surface area contributed by atoms with Crippen LogP contribution < -0.4 is 19.1 Å². The van der Waals surface area contributed by atoms with E-state index >= 15 is 0 Å². The Balaban J connectivity index is 1.79. The molecular weight excluding hydrogens is 392 g/mol. The molecule has 0 aliphatic rings. The van der Waals surface area contributed by atoms with Crippen LogP contribution in [0.2, 0.25) is 0 Å². The molecule has 0 aliphatic heterocycles. The maximum atomic E-state index is 12.1. The number of ether oxygens (including phenoxy) is 2. The van der Waals surface area contributed by atoms with Crippen LogP contribution in [-0.4, -0.2) is 47.9 Å². The van der Waals surface area contributed by atoms with E-state index in [0.29, 0.717) is 36.6 Å². The summed E-state index contributed by atoms with van der Waals surface area (Å²) < 4.78 is 35.9. The lowest BCUT2D eigenvalue weighted by atomic mass is 10.1. The van der Waals surface area contributed by atoms with E-state index in [0.717, 1.165) is 5.56 Å². The molecule has 0 fully saturated rings. The molecule has 1 N–H and O–H groups in total. The molecule has 158 valence electrons. The molecule has 8 heteroatoms. The molecule has 29 heavy (non-hydrogen) atoms. The first-order valence-corrected chi connectivity index (χ1v) is 11.2. The summed E-state index contributed by atoms with van der Waals surface area (Å²) in [5.74, 6) is 1.21. The van der Waals surface area contributed by atoms with Crippen LogP contribution in [0.4, 0.5) is 5.69 Å². The summed E-state index contributed by atoms with van der Waals surface area (Å²) in [7, 11) is -0.236. The Morgan fingerprint density at radius 3 is 2.34 bits per heavy atom. The van der Waals surface area contributed by atoms with Gasteiger partial charge in [0.05, 0.1) is 26.2 Å². The van der Waals surface area contributed by atoms with Gasteiger partial charge in [-0.1, -0.05) is 24.3 Å². The highest BCUT2D eigenvalue weighted by Crippen LogP contribution is 2.27. The second-order valence-electron chi connectivity index (χ2n) is 6.56. The van der Waals surface area contributed by atoms with Gasteiger partial charge in [0.2, 0.25) is 15.9 Å². The molecule has 0 atom stereocenters. The number of nitrogens with zero attached hydrogens (tertiary/aromatic N) is 1. The van der Waals surface area contributed by atoms with Gasteiger partial charge in [-0.15, -0.1) is 0 Å². The Morgan fingerprint density at radius 1 is 1.03 bits per heavy atom. The van der Waals surface area contributed by atoms with Crippen LogP contribution in [0, 0.1) is 0 Å². The van der Waals surface area contributed by atoms with Gasteiger partial charge in [-0.25, -0.2) is 8.42 Å². The standard InChI is InChI=1S/C21H28N2O5S/c1-27-19-12-11-17(16-20(19)28-2)13-14-22-21(24)10-7-15-23(29(3,25)26)18-8-5-4-6-9-18/h4-6,8-9,11-12,16H,7,10,13-15H2,1-3H3,(H,22,24). The molecule has 2 aromatic rings. The van der Waals surface area contributed by atoms with Crippen molar-refractivity contribution in [3.63, 3.8) is 0 Å².